The van der Waals surface area contributed by atoms with E-state index in [1.165, 1.54) is 6.07 Å². The highest BCUT2D eigenvalue weighted by Gasteiger charge is 2.39. The van der Waals surface area contributed by atoms with Crippen molar-refractivity contribution in [3.05, 3.63) is 59.7 Å². The van der Waals surface area contributed by atoms with Crippen LogP contribution in [0.3, 0.4) is 0 Å². The van der Waals surface area contributed by atoms with E-state index in [1.54, 1.807) is 0 Å². The third-order valence-corrected chi connectivity index (χ3v) is 7.11. The number of fused-ring (bicyclic) bond motifs is 1. The lowest BCUT2D eigenvalue weighted by molar-refractivity contribution is -0.137. The summed E-state index contributed by atoms with van der Waals surface area (Å²) in [6.45, 7) is 3.34. The number of anilines is 1. The number of rotatable bonds is 7. The minimum Gasteiger partial charge on any atom is -0.487 e. The fourth-order valence-electron chi connectivity index (χ4n) is 4.04. The predicted octanol–water partition coefficient (Wildman–Crippen LogP) is 4.67. The molecule has 0 aromatic heterocycles. The van der Waals surface area contributed by atoms with Crippen LogP contribution in [-0.4, -0.2) is 32.7 Å². The molecule has 180 valence electrons. The molecule has 0 saturated carbocycles. The van der Waals surface area contributed by atoms with E-state index in [4.69, 9.17) is 4.74 Å². The molecule has 1 aliphatic rings. The molecule has 0 unspecified atom stereocenters. The Morgan fingerprint density at radius 2 is 1.82 bits per heavy atom. The monoisotopic (exact) mass is 484 g/mol. The van der Waals surface area contributed by atoms with Crippen LogP contribution in [0.1, 0.15) is 50.3 Å². The Bertz CT molecular complexity index is 1110. The van der Waals surface area contributed by atoms with Gasteiger partial charge in [0.2, 0.25) is 15.9 Å². The van der Waals surface area contributed by atoms with Gasteiger partial charge in [0, 0.05) is 12.0 Å². The molecule has 33 heavy (non-hydrogen) atoms. The normalized spacial score (nSPS) is 17.6. The Labute approximate surface area is 191 Å². The van der Waals surface area contributed by atoms with Crippen molar-refractivity contribution >= 4 is 21.6 Å². The van der Waals surface area contributed by atoms with Crippen molar-refractivity contribution in [2.75, 3.05) is 17.1 Å². The van der Waals surface area contributed by atoms with Crippen LogP contribution in [0, 0.1) is 0 Å². The lowest BCUT2D eigenvalue weighted by Crippen LogP contribution is -2.47. The molecule has 1 N–H and O–H groups in total. The van der Waals surface area contributed by atoms with Gasteiger partial charge < -0.3 is 10.1 Å². The van der Waals surface area contributed by atoms with Crippen molar-refractivity contribution in [2.45, 2.75) is 50.9 Å². The van der Waals surface area contributed by atoms with Gasteiger partial charge in [0.15, 0.2) is 0 Å². The molecule has 2 aromatic carbocycles. The molecule has 0 saturated heterocycles. The van der Waals surface area contributed by atoms with Gasteiger partial charge in [-0.05, 0) is 37.1 Å². The molecule has 6 nitrogen and oxygen atoms in total. The summed E-state index contributed by atoms with van der Waals surface area (Å²) < 4.78 is 71.0. The summed E-state index contributed by atoms with van der Waals surface area (Å²) in [5.41, 5.74) is -0.938. The van der Waals surface area contributed by atoms with Crippen molar-refractivity contribution < 1.29 is 31.1 Å². The van der Waals surface area contributed by atoms with Crippen molar-refractivity contribution in [2.24, 2.45) is 0 Å². The number of nitrogens with zero attached hydrogens (tertiary/aromatic N) is 1. The number of amides is 1. The van der Waals surface area contributed by atoms with E-state index >= 15 is 0 Å². The van der Waals surface area contributed by atoms with Crippen LogP contribution in [0.5, 0.6) is 5.75 Å². The number of para-hydroxylation sites is 1. The molecular formula is C23H27F3N2O4S. The zero-order valence-corrected chi connectivity index (χ0v) is 19.5. The zero-order valence-electron chi connectivity index (χ0n) is 18.6. The first-order valence-electron chi connectivity index (χ1n) is 10.6. The second kappa shape index (κ2) is 9.24. The third-order valence-electron chi connectivity index (χ3n) is 5.97. The van der Waals surface area contributed by atoms with Gasteiger partial charge in [0.1, 0.15) is 17.9 Å². The van der Waals surface area contributed by atoms with Crippen LogP contribution >= 0.6 is 0 Å². The highest BCUT2D eigenvalue weighted by molar-refractivity contribution is 7.92. The fourth-order valence-corrected chi connectivity index (χ4v) is 4.89. The van der Waals surface area contributed by atoms with Gasteiger partial charge >= 0.3 is 6.18 Å². The van der Waals surface area contributed by atoms with Gasteiger partial charge in [0.05, 0.1) is 23.5 Å². The van der Waals surface area contributed by atoms with E-state index < -0.39 is 45.9 Å². The van der Waals surface area contributed by atoms with Crippen molar-refractivity contribution in [3.8, 4) is 5.75 Å². The highest BCUT2D eigenvalue weighted by Crippen LogP contribution is 2.42. The Kier molecular flexibility index (Phi) is 6.97. The summed E-state index contributed by atoms with van der Waals surface area (Å²) in [6, 6.07) is 10.8. The Balaban J connectivity index is 1.87. The second-order valence-electron chi connectivity index (χ2n) is 8.17. The molecule has 1 heterocycles. The summed E-state index contributed by atoms with van der Waals surface area (Å²) in [7, 11) is -4.03. The third kappa shape index (κ3) is 5.61. The van der Waals surface area contributed by atoms with Crippen LogP contribution in [0.25, 0.3) is 0 Å². The van der Waals surface area contributed by atoms with E-state index in [2.05, 4.69) is 5.32 Å². The Morgan fingerprint density at radius 1 is 1.15 bits per heavy atom. The van der Waals surface area contributed by atoms with Gasteiger partial charge in [0.25, 0.3) is 0 Å². The number of benzene rings is 2. The van der Waals surface area contributed by atoms with Gasteiger partial charge in [-0.2, -0.15) is 13.2 Å². The molecule has 0 fully saturated rings. The lowest BCUT2D eigenvalue weighted by atomic mass is 9.83. The van der Waals surface area contributed by atoms with E-state index in [0.717, 1.165) is 30.0 Å². The molecular weight excluding hydrogens is 457 g/mol. The Hall–Kier alpha value is -2.75. The fraction of sp³-hybridized carbons (Fsp3) is 0.435. The number of hydrogen-bond acceptors (Lipinski definition) is 4. The minimum absolute atomic E-state index is 0.230. The number of hydrogen-bond donors (Lipinski definition) is 1. The lowest BCUT2D eigenvalue weighted by Gasteiger charge is -2.41. The number of alkyl halides is 3. The maximum atomic E-state index is 13.1. The van der Waals surface area contributed by atoms with E-state index in [1.807, 2.05) is 38.1 Å². The van der Waals surface area contributed by atoms with Crippen LogP contribution in [0.15, 0.2) is 48.5 Å². The topological polar surface area (TPSA) is 75.7 Å². The van der Waals surface area contributed by atoms with E-state index in [-0.39, 0.29) is 5.69 Å². The average molecular weight is 485 g/mol. The summed E-state index contributed by atoms with van der Waals surface area (Å²) in [5.74, 6) is 0.0243. The van der Waals surface area contributed by atoms with Crippen LogP contribution in [0.4, 0.5) is 18.9 Å². The van der Waals surface area contributed by atoms with E-state index in [9.17, 15) is 26.4 Å². The van der Waals surface area contributed by atoms with Crippen LogP contribution in [0.2, 0.25) is 0 Å². The smallest absolute Gasteiger partial charge is 0.416 e. The molecule has 1 aliphatic heterocycles. The maximum absolute atomic E-state index is 13.1. The number of nitrogens with one attached hydrogen (secondary N) is 1. The van der Waals surface area contributed by atoms with Gasteiger partial charge in [-0.25, -0.2) is 8.42 Å². The SMILES string of the molecule is CCC1(CC)C[C@H](NC(=O)CN(c2cccc(C(F)(F)F)c2)S(C)(=O)=O)c2ccccc2O1. The minimum atomic E-state index is -4.64. The first-order valence-corrected chi connectivity index (χ1v) is 12.5. The first-order chi connectivity index (χ1) is 15.4. The molecule has 0 radical (unpaired) electrons. The summed E-state index contributed by atoms with van der Waals surface area (Å²) in [6.07, 6.45) is -1.88. The number of ether oxygens (including phenoxy) is 1. The van der Waals surface area contributed by atoms with Gasteiger partial charge in [-0.1, -0.05) is 38.1 Å². The average Bonchev–Trinajstić information content (AvgIpc) is 2.76. The van der Waals surface area contributed by atoms with Gasteiger partial charge in [-0.15, -0.1) is 0 Å². The van der Waals surface area contributed by atoms with Crippen molar-refractivity contribution in [1.82, 2.24) is 5.32 Å². The van der Waals surface area contributed by atoms with Crippen molar-refractivity contribution in [1.29, 1.82) is 0 Å². The maximum Gasteiger partial charge on any atom is 0.416 e. The molecule has 0 bridgehead atoms. The van der Waals surface area contributed by atoms with Crippen molar-refractivity contribution in [3.63, 3.8) is 0 Å². The molecule has 0 spiro atoms. The number of sulfonamides is 1. The summed E-state index contributed by atoms with van der Waals surface area (Å²) in [5, 5.41) is 2.87. The standard InChI is InChI=1S/C23H27F3N2O4S/c1-4-22(5-2)14-19(18-11-6-7-12-20(18)32-22)27-21(29)15-28(33(3,30)31)17-10-8-9-16(13-17)23(24,25)26/h6-13,19H,4-5,14-15H2,1-3H3,(H,27,29)/t19-/m0/s1. The quantitative estimate of drug-likeness (QED) is 0.620. The summed E-state index contributed by atoms with van der Waals surface area (Å²) >= 11 is 0. The van der Waals surface area contributed by atoms with Crippen LogP contribution in [-0.2, 0) is 21.0 Å². The van der Waals surface area contributed by atoms with Crippen LogP contribution < -0.4 is 14.4 Å². The van der Waals surface area contributed by atoms with E-state index in [0.29, 0.717) is 29.3 Å². The molecule has 1 atom stereocenters. The highest BCUT2D eigenvalue weighted by atomic mass is 32.2. The first kappa shape index (κ1) is 24.9. The number of carbonyl (C=O) groups is 1. The molecule has 0 aliphatic carbocycles. The largest absolute Gasteiger partial charge is 0.487 e. The number of carbonyl (C=O) groups excluding carboxylic acids is 1. The summed E-state index contributed by atoms with van der Waals surface area (Å²) in [4.78, 5) is 12.9. The van der Waals surface area contributed by atoms with Gasteiger partial charge in [-0.3, -0.25) is 9.10 Å². The zero-order chi connectivity index (χ0) is 24.4. The Morgan fingerprint density at radius 3 is 2.42 bits per heavy atom. The molecule has 10 heteroatoms. The molecule has 1 amide bonds. The molecule has 3 rings (SSSR count). The number of halogens is 3. The predicted molar refractivity (Wildman–Crippen MR) is 120 cm³/mol. The second-order valence-corrected chi connectivity index (χ2v) is 10.1. The molecule has 2 aromatic rings.